The fraction of sp³-hybridized carbons (Fsp3) is 0.421. The zero-order chi connectivity index (χ0) is 21.4. The predicted molar refractivity (Wildman–Crippen MR) is 109 cm³/mol. The number of imidazole rings is 1. The average molecular weight is 421 g/mol. The smallest absolute Gasteiger partial charge is 0.298 e. The molecular formula is C19H26N5O4S+. The van der Waals surface area contributed by atoms with Crippen molar-refractivity contribution in [2.45, 2.75) is 43.3 Å². The zero-order valence-electron chi connectivity index (χ0n) is 16.9. The number of nitrogens with one attached hydrogen (secondary N) is 2. The molecule has 1 amide bonds. The number of rotatable bonds is 6. The molecule has 2 heterocycles. The third-order valence-electron chi connectivity index (χ3n) is 4.66. The first-order valence-electron chi connectivity index (χ1n) is 9.20. The molecule has 0 spiro atoms. The number of methoxy groups -OCH3 is 1. The van der Waals surface area contributed by atoms with E-state index in [1.807, 2.05) is 0 Å². The van der Waals surface area contributed by atoms with Gasteiger partial charge in [0.15, 0.2) is 9.84 Å². The van der Waals surface area contributed by atoms with E-state index in [2.05, 4.69) is 15.3 Å². The van der Waals surface area contributed by atoms with E-state index in [1.165, 1.54) is 25.7 Å². The maximum absolute atomic E-state index is 13.0. The minimum absolute atomic E-state index is 0.0402. The standard InChI is InChI=1S/C19H25N5O4S/c1-19(2,3)29(26,27)15-11-24-16(7-14(15)28-4)22-10-17(24)21-9-13(8-20)23-18(25)12-5-6-12/h7-12H,5-6H2,1-4H3,(H3,20,21,23,25)/p+1. The van der Waals surface area contributed by atoms with E-state index in [0.29, 0.717) is 17.2 Å². The number of carbonyl (C=O) groups is 1. The lowest BCUT2D eigenvalue weighted by Crippen LogP contribution is -2.31. The molecule has 2 aromatic rings. The van der Waals surface area contributed by atoms with E-state index < -0.39 is 14.6 Å². The Kier molecular flexibility index (Phi) is 5.40. The van der Waals surface area contributed by atoms with Crippen LogP contribution in [0, 0.1) is 5.92 Å². The summed E-state index contributed by atoms with van der Waals surface area (Å²) in [5.41, 5.74) is 6.55. The fourth-order valence-electron chi connectivity index (χ4n) is 2.66. The Morgan fingerprint density at radius 3 is 2.66 bits per heavy atom. The summed E-state index contributed by atoms with van der Waals surface area (Å²) in [6, 6.07) is 1.60. The van der Waals surface area contributed by atoms with Gasteiger partial charge < -0.3 is 15.8 Å². The lowest BCUT2D eigenvalue weighted by Gasteiger charge is -2.20. The number of fused-ring (bicyclic) bond motifs is 1. The normalized spacial score (nSPS) is 15.8. The predicted octanol–water partition coefficient (Wildman–Crippen LogP) is 1.36. The molecule has 3 rings (SSSR count). The van der Waals surface area contributed by atoms with Crippen LogP contribution in [-0.2, 0) is 14.6 Å². The highest BCUT2D eigenvalue weighted by Gasteiger charge is 2.35. The van der Waals surface area contributed by atoms with Crippen molar-refractivity contribution in [1.82, 2.24) is 10.3 Å². The van der Waals surface area contributed by atoms with Gasteiger partial charge in [-0.1, -0.05) is 0 Å². The molecule has 10 heteroatoms. The highest BCUT2D eigenvalue weighted by Crippen LogP contribution is 2.32. The lowest BCUT2D eigenvalue weighted by atomic mass is 10.3. The molecule has 1 fully saturated rings. The maximum atomic E-state index is 13.0. The molecule has 0 bridgehead atoms. The Bertz CT molecular complexity index is 1110. The van der Waals surface area contributed by atoms with Crippen LogP contribution in [0.25, 0.3) is 5.65 Å². The summed E-state index contributed by atoms with van der Waals surface area (Å²) in [5, 5.41) is 2.73. The molecule has 156 valence electrons. The molecule has 2 aromatic heterocycles. The van der Waals surface area contributed by atoms with Gasteiger partial charge in [0.1, 0.15) is 23.1 Å². The van der Waals surface area contributed by atoms with Gasteiger partial charge in [-0.3, -0.25) is 9.78 Å². The third kappa shape index (κ3) is 4.12. The van der Waals surface area contributed by atoms with Gasteiger partial charge >= 0.3 is 0 Å². The summed E-state index contributed by atoms with van der Waals surface area (Å²) >= 11 is 0. The van der Waals surface area contributed by atoms with Gasteiger partial charge in [-0.2, -0.15) is 4.40 Å². The van der Waals surface area contributed by atoms with Crippen molar-refractivity contribution >= 4 is 33.4 Å². The van der Waals surface area contributed by atoms with Crippen LogP contribution < -0.4 is 20.2 Å². The topological polar surface area (TPSA) is 131 Å². The summed E-state index contributed by atoms with van der Waals surface area (Å²) in [6.07, 6.45) is 7.56. The van der Waals surface area contributed by atoms with Gasteiger partial charge in [-0.25, -0.2) is 8.42 Å². The van der Waals surface area contributed by atoms with Crippen LogP contribution in [0.15, 0.2) is 40.2 Å². The largest absolute Gasteiger partial charge is 0.495 e. The quantitative estimate of drug-likeness (QED) is 0.480. The Labute approximate surface area is 169 Å². The molecular weight excluding hydrogens is 394 g/mol. The molecule has 29 heavy (non-hydrogen) atoms. The Balaban J connectivity index is 2.00. The Morgan fingerprint density at radius 1 is 1.41 bits per heavy atom. The first-order valence-corrected chi connectivity index (χ1v) is 10.7. The molecule has 9 nitrogen and oxygen atoms in total. The van der Waals surface area contributed by atoms with Crippen molar-refractivity contribution < 1.29 is 22.3 Å². The van der Waals surface area contributed by atoms with E-state index in [1.54, 1.807) is 37.4 Å². The van der Waals surface area contributed by atoms with Gasteiger partial charge in [0.05, 0.1) is 29.8 Å². The number of hydrogen-bond acceptors (Lipinski definition) is 6. The number of H-pyrrole nitrogens is 1. The molecule has 0 aliphatic heterocycles. The van der Waals surface area contributed by atoms with E-state index in [4.69, 9.17) is 10.5 Å². The number of amides is 1. The van der Waals surface area contributed by atoms with E-state index in [-0.39, 0.29) is 22.5 Å². The van der Waals surface area contributed by atoms with Crippen LogP contribution in [0.3, 0.4) is 0 Å². The number of sulfone groups is 1. The molecule has 0 aromatic carbocycles. The third-order valence-corrected chi connectivity index (χ3v) is 7.16. The number of aromatic nitrogens is 2. The molecule has 0 radical (unpaired) electrons. The number of carbonyl (C=O) groups excluding carboxylic acids is 1. The van der Waals surface area contributed by atoms with Crippen LogP contribution in [-0.4, -0.2) is 37.4 Å². The lowest BCUT2D eigenvalue weighted by molar-refractivity contribution is -0.498. The second-order valence-corrected chi connectivity index (χ2v) is 10.5. The number of nitrogens with zero attached hydrogens (tertiary/aromatic N) is 2. The van der Waals surface area contributed by atoms with E-state index in [0.717, 1.165) is 12.8 Å². The van der Waals surface area contributed by atoms with Crippen molar-refractivity contribution in [3.8, 4) is 5.75 Å². The fourth-order valence-corrected chi connectivity index (χ4v) is 3.97. The summed E-state index contributed by atoms with van der Waals surface area (Å²) in [4.78, 5) is 19.3. The second-order valence-electron chi connectivity index (χ2n) is 7.87. The van der Waals surface area contributed by atoms with Gasteiger partial charge in [0.25, 0.3) is 5.82 Å². The first kappa shape index (κ1) is 20.8. The first-order chi connectivity index (χ1) is 13.6. The number of nitrogens with two attached hydrogens (primary N) is 1. The summed E-state index contributed by atoms with van der Waals surface area (Å²) < 4.78 is 31.9. The molecule has 0 unspecified atom stereocenters. The summed E-state index contributed by atoms with van der Waals surface area (Å²) in [5.74, 6) is 0.644. The highest BCUT2D eigenvalue weighted by molar-refractivity contribution is 7.92. The Morgan fingerprint density at radius 2 is 2.10 bits per heavy atom. The molecule has 1 saturated carbocycles. The molecule has 0 saturated heterocycles. The van der Waals surface area contributed by atoms with E-state index in [9.17, 15) is 13.2 Å². The number of pyridine rings is 1. The van der Waals surface area contributed by atoms with E-state index >= 15 is 0 Å². The number of allylic oxidation sites excluding steroid dienone is 1. The van der Waals surface area contributed by atoms with Gasteiger partial charge in [0.2, 0.25) is 11.6 Å². The van der Waals surface area contributed by atoms with Crippen LogP contribution in [0.4, 0.5) is 5.82 Å². The van der Waals surface area contributed by atoms with Crippen LogP contribution >= 0.6 is 0 Å². The van der Waals surface area contributed by atoms with Crippen molar-refractivity contribution in [1.29, 1.82) is 0 Å². The van der Waals surface area contributed by atoms with Crippen molar-refractivity contribution in [2.75, 3.05) is 7.11 Å². The monoisotopic (exact) mass is 420 g/mol. The molecule has 0 atom stereocenters. The number of ether oxygens (including phenoxy) is 1. The van der Waals surface area contributed by atoms with Gasteiger partial charge in [-0.05, 0) is 33.6 Å². The van der Waals surface area contributed by atoms with Gasteiger partial charge in [0, 0.05) is 12.1 Å². The number of hydrogen-bond donors (Lipinski definition) is 3. The maximum Gasteiger partial charge on any atom is 0.298 e. The van der Waals surface area contributed by atoms with Crippen molar-refractivity contribution in [3.05, 3.63) is 30.4 Å². The van der Waals surface area contributed by atoms with Crippen LogP contribution in [0.5, 0.6) is 5.75 Å². The Hall–Kier alpha value is -2.88. The zero-order valence-corrected chi connectivity index (χ0v) is 17.7. The van der Waals surface area contributed by atoms with Crippen molar-refractivity contribution in [2.24, 2.45) is 16.6 Å². The van der Waals surface area contributed by atoms with Crippen molar-refractivity contribution in [3.63, 3.8) is 0 Å². The molecule has 1 aliphatic rings. The average Bonchev–Trinajstić information content (AvgIpc) is 3.44. The number of aliphatic imine (C=N–C) groups is 1. The second kappa shape index (κ2) is 7.51. The SMILES string of the molecule is COc1cc2[nH]cc(/N=C/C(=C\N)NC(=O)C3CC3)[n+]2cc1S(=O)(=O)C(C)(C)C. The molecule has 4 N–H and O–H groups in total. The number of aromatic amines is 1. The summed E-state index contributed by atoms with van der Waals surface area (Å²) in [6.45, 7) is 4.90. The summed E-state index contributed by atoms with van der Waals surface area (Å²) in [7, 11) is -2.23. The molecule has 1 aliphatic carbocycles. The van der Waals surface area contributed by atoms with Crippen LogP contribution in [0.2, 0.25) is 0 Å². The highest BCUT2D eigenvalue weighted by atomic mass is 32.2. The minimum Gasteiger partial charge on any atom is -0.495 e. The van der Waals surface area contributed by atoms with Gasteiger partial charge in [-0.15, -0.1) is 4.99 Å². The van der Waals surface area contributed by atoms with Crippen LogP contribution in [0.1, 0.15) is 33.6 Å². The minimum atomic E-state index is -3.66.